The largest absolute Gasteiger partial charge is 0.480 e. The first kappa shape index (κ1) is 13.0. The third-order valence-corrected chi connectivity index (χ3v) is 3.08. The molecule has 3 aromatic rings. The van der Waals surface area contributed by atoms with Gasteiger partial charge < -0.3 is 15.4 Å². The molecule has 3 rings (SSSR count). The van der Waals surface area contributed by atoms with Gasteiger partial charge in [0, 0.05) is 29.5 Å². The Morgan fingerprint density at radius 1 is 1.33 bits per heavy atom. The summed E-state index contributed by atoms with van der Waals surface area (Å²) >= 11 is 0. The van der Waals surface area contributed by atoms with Crippen LogP contribution in [0.15, 0.2) is 36.8 Å². The number of pyridine rings is 1. The highest BCUT2D eigenvalue weighted by Gasteiger charge is 2.13. The zero-order valence-electron chi connectivity index (χ0n) is 11.2. The maximum absolute atomic E-state index is 10.9. The number of nitrogens with zero attached hydrogens (tertiary/aromatic N) is 3. The van der Waals surface area contributed by atoms with E-state index in [1.165, 1.54) is 0 Å². The molecule has 0 amide bonds. The van der Waals surface area contributed by atoms with Gasteiger partial charge in [-0.3, -0.25) is 4.79 Å². The summed E-state index contributed by atoms with van der Waals surface area (Å²) in [7, 11) is 0. The standard InChI is InChI=1S/C14H13N5O2/c1-8(14(20)21)18-11-4-6-16-13(19-11)10-7-17-12-9(10)3-2-5-15-12/h2-8H,1H3,(H,15,17)(H,20,21)(H,16,18,19). The van der Waals surface area contributed by atoms with Crippen LogP contribution in [0.2, 0.25) is 0 Å². The predicted octanol–water partition coefficient (Wildman–Crippen LogP) is 1.90. The fourth-order valence-corrected chi connectivity index (χ4v) is 1.99. The molecule has 7 nitrogen and oxygen atoms in total. The van der Waals surface area contributed by atoms with Gasteiger partial charge in [0.2, 0.25) is 0 Å². The molecule has 0 aliphatic carbocycles. The lowest BCUT2D eigenvalue weighted by molar-refractivity contribution is -0.137. The Balaban J connectivity index is 1.98. The number of nitrogens with one attached hydrogen (secondary N) is 2. The number of carboxylic acid groups (broad SMARTS) is 1. The molecular weight excluding hydrogens is 270 g/mol. The van der Waals surface area contributed by atoms with Crippen LogP contribution < -0.4 is 5.32 Å². The normalized spacial score (nSPS) is 12.2. The van der Waals surface area contributed by atoms with E-state index in [1.54, 1.807) is 31.6 Å². The number of fused-ring (bicyclic) bond motifs is 1. The highest BCUT2D eigenvalue weighted by molar-refractivity contribution is 5.91. The van der Waals surface area contributed by atoms with E-state index in [4.69, 9.17) is 5.11 Å². The van der Waals surface area contributed by atoms with Gasteiger partial charge in [-0.1, -0.05) is 0 Å². The summed E-state index contributed by atoms with van der Waals surface area (Å²) in [6.07, 6.45) is 5.09. The summed E-state index contributed by atoms with van der Waals surface area (Å²) in [5.41, 5.74) is 1.58. The third kappa shape index (κ3) is 2.53. The van der Waals surface area contributed by atoms with Gasteiger partial charge in [0.15, 0.2) is 5.82 Å². The van der Waals surface area contributed by atoms with E-state index in [0.717, 1.165) is 16.6 Å². The zero-order chi connectivity index (χ0) is 14.8. The van der Waals surface area contributed by atoms with Gasteiger partial charge in [-0.05, 0) is 25.1 Å². The Hall–Kier alpha value is -2.96. The number of hydrogen-bond donors (Lipinski definition) is 3. The van der Waals surface area contributed by atoms with Crippen molar-refractivity contribution >= 4 is 22.8 Å². The van der Waals surface area contributed by atoms with Gasteiger partial charge in [-0.2, -0.15) is 0 Å². The minimum absolute atomic E-state index is 0.466. The van der Waals surface area contributed by atoms with Crippen molar-refractivity contribution in [1.82, 2.24) is 19.9 Å². The quantitative estimate of drug-likeness (QED) is 0.675. The zero-order valence-corrected chi connectivity index (χ0v) is 11.2. The van der Waals surface area contributed by atoms with E-state index in [9.17, 15) is 4.79 Å². The summed E-state index contributed by atoms with van der Waals surface area (Å²) in [4.78, 5) is 26.7. The molecule has 0 aliphatic heterocycles. The molecule has 106 valence electrons. The fourth-order valence-electron chi connectivity index (χ4n) is 1.99. The molecule has 0 saturated carbocycles. The van der Waals surface area contributed by atoms with Gasteiger partial charge in [-0.25, -0.2) is 15.0 Å². The number of anilines is 1. The van der Waals surface area contributed by atoms with Crippen LogP contribution in [0.4, 0.5) is 5.82 Å². The molecule has 7 heteroatoms. The highest BCUT2D eigenvalue weighted by atomic mass is 16.4. The van der Waals surface area contributed by atoms with Gasteiger partial charge in [-0.15, -0.1) is 0 Å². The number of aliphatic carboxylic acids is 1. The molecule has 3 aromatic heterocycles. The molecule has 3 N–H and O–H groups in total. The second-order valence-electron chi connectivity index (χ2n) is 4.57. The van der Waals surface area contributed by atoms with E-state index < -0.39 is 12.0 Å². The molecule has 0 bridgehead atoms. The second kappa shape index (κ2) is 5.20. The molecule has 0 saturated heterocycles. The number of H-pyrrole nitrogens is 1. The Bertz CT molecular complexity index is 799. The Morgan fingerprint density at radius 2 is 2.19 bits per heavy atom. The van der Waals surface area contributed by atoms with E-state index in [0.29, 0.717) is 11.6 Å². The molecular formula is C14H13N5O2. The number of aromatic nitrogens is 4. The van der Waals surface area contributed by atoms with Crippen molar-refractivity contribution in [1.29, 1.82) is 0 Å². The highest BCUT2D eigenvalue weighted by Crippen LogP contribution is 2.25. The molecule has 3 heterocycles. The summed E-state index contributed by atoms with van der Waals surface area (Å²) in [5, 5.41) is 12.7. The Kier molecular flexibility index (Phi) is 3.23. The molecule has 0 spiro atoms. The summed E-state index contributed by atoms with van der Waals surface area (Å²) in [6, 6.07) is 4.68. The SMILES string of the molecule is CC(Nc1ccnc(-c2c[nH]c3ncccc23)n1)C(=O)O. The lowest BCUT2D eigenvalue weighted by atomic mass is 10.2. The number of aromatic amines is 1. The first-order valence-corrected chi connectivity index (χ1v) is 6.40. The lowest BCUT2D eigenvalue weighted by Gasteiger charge is -2.10. The summed E-state index contributed by atoms with van der Waals surface area (Å²) in [6.45, 7) is 1.56. The maximum atomic E-state index is 10.9. The number of carbonyl (C=O) groups is 1. The van der Waals surface area contributed by atoms with E-state index in [-0.39, 0.29) is 0 Å². The van der Waals surface area contributed by atoms with Crippen molar-refractivity contribution in [3.05, 3.63) is 36.8 Å². The average molecular weight is 283 g/mol. The van der Waals surface area contributed by atoms with Crippen molar-refractivity contribution in [3.8, 4) is 11.4 Å². The van der Waals surface area contributed by atoms with Crippen molar-refractivity contribution < 1.29 is 9.90 Å². The Morgan fingerprint density at radius 3 is 3.00 bits per heavy atom. The first-order chi connectivity index (χ1) is 10.1. The fraction of sp³-hybridized carbons (Fsp3) is 0.143. The van der Waals surface area contributed by atoms with Crippen LogP contribution in [0.5, 0.6) is 0 Å². The van der Waals surface area contributed by atoms with Gasteiger partial charge in [0.25, 0.3) is 0 Å². The van der Waals surface area contributed by atoms with Crippen LogP contribution in [0, 0.1) is 0 Å². The van der Waals surface area contributed by atoms with Crippen LogP contribution in [-0.2, 0) is 4.79 Å². The number of carboxylic acids is 1. The third-order valence-electron chi connectivity index (χ3n) is 3.08. The summed E-state index contributed by atoms with van der Waals surface area (Å²) < 4.78 is 0. The predicted molar refractivity (Wildman–Crippen MR) is 77.8 cm³/mol. The first-order valence-electron chi connectivity index (χ1n) is 6.40. The second-order valence-corrected chi connectivity index (χ2v) is 4.57. The smallest absolute Gasteiger partial charge is 0.325 e. The van der Waals surface area contributed by atoms with Gasteiger partial charge in [0.1, 0.15) is 17.5 Å². The van der Waals surface area contributed by atoms with Crippen LogP contribution in [0.3, 0.4) is 0 Å². The molecule has 1 unspecified atom stereocenters. The topological polar surface area (TPSA) is 104 Å². The van der Waals surface area contributed by atoms with Crippen LogP contribution >= 0.6 is 0 Å². The van der Waals surface area contributed by atoms with E-state index in [1.807, 2.05) is 12.1 Å². The molecule has 0 aliphatic rings. The molecule has 21 heavy (non-hydrogen) atoms. The van der Waals surface area contributed by atoms with Crippen LogP contribution in [0.25, 0.3) is 22.4 Å². The molecule has 0 aromatic carbocycles. The molecule has 0 radical (unpaired) electrons. The molecule has 1 atom stereocenters. The van der Waals surface area contributed by atoms with E-state index in [2.05, 4.69) is 25.3 Å². The van der Waals surface area contributed by atoms with Crippen molar-refractivity contribution in [2.24, 2.45) is 0 Å². The van der Waals surface area contributed by atoms with Crippen molar-refractivity contribution in [2.75, 3.05) is 5.32 Å². The maximum Gasteiger partial charge on any atom is 0.325 e. The number of hydrogen-bond acceptors (Lipinski definition) is 5. The van der Waals surface area contributed by atoms with Crippen LogP contribution in [-0.4, -0.2) is 37.1 Å². The van der Waals surface area contributed by atoms with Crippen molar-refractivity contribution in [3.63, 3.8) is 0 Å². The van der Waals surface area contributed by atoms with Gasteiger partial charge >= 0.3 is 5.97 Å². The summed E-state index contributed by atoms with van der Waals surface area (Å²) in [5.74, 6) is 0.0384. The van der Waals surface area contributed by atoms with E-state index >= 15 is 0 Å². The monoisotopic (exact) mass is 283 g/mol. The minimum Gasteiger partial charge on any atom is -0.480 e. The van der Waals surface area contributed by atoms with Crippen molar-refractivity contribution in [2.45, 2.75) is 13.0 Å². The van der Waals surface area contributed by atoms with Crippen LogP contribution in [0.1, 0.15) is 6.92 Å². The Labute approximate surface area is 120 Å². The lowest BCUT2D eigenvalue weighted by Crippen LogP contribution is -2.25. The average Bonchev–Trinajstić information content (AvgIpc) is 2.91. The number of rotatable bonds is 4. The van der Waals surface area contributed by atoms with Gasteiger partial charge in [0.05, 0.1) is 0 Å². The minimum atomic E-state index is -0.938. The molecule has 0 fully saturated rings.